The summed E-state index contributed by atoms with van der Waals surface area (Å²) in [6.07, 6.45) is 17.1. The van der Waals surface area contributed by atoms with Gasteiger partial charge in [0.2, 0.25) is 0 Å². The molecule has 0 fully saturated rings. The Hall–Kier alpha value is 0.759. The average Bonchev–Trinajstić information content (AvgIpc) is 2.44. The van der Waals surface area contributed by atoms with E-state index in [0.717, 1.165) is 0 Å². The van der Waals surface area contributed by atoms with E-state index < -0.39 is 20.2 Å². The molecule has 0 aliphatic carbocycles. The van der Waals surface area contributed by atoms with Gasteiger partial charge in [-0.05, 0) is 0 Å². The van der Waals surface area contributed by atoms with Crippen molar-refractivity contribution in [2.24, 2.45) is 0 Å². The molecule has 0 aromatic carbocycles. The van der Waals surface area contributed by atoms with Crippen molar-refractivity contribution >= 4 is 20.2 Å². The molecular formula is C17H37OSn+. The van der Waals surface area contributed by atoms with Gasteiger partial charge in [-0.25, -0.2) is 0 Å². The number of rotatable bonds is 15. The molecule has 0 aromatic heterocycles. The van der Waals surface area contributed by atoms with Crippen molar-refractivity contribution in [2.45, 2.75) is 99.8 Å². The van der Waals surface area contributed by atoms with E-state index in [4.69, 9.17) is 3.07 Å². The first-order valence-electron chi connectivity index (χ1n) is 8.73. The van der Waals surface area contributed by atoms with Gasteiger partial charge < -0.3 is 0 Å². The maximum absolute atomic E-state index is 5.80. The summed E-state index contributed by atoms with van der Waals surface area (Å²) in [5.41, 5.74) is 0. The standard InChI is InChI=1S/2C8H17.CH3O.Sn/c2*1-3-5-7-8-6-4-2;1-2;/h2*1,3-8H2,2H3;1H3;/q;;-1;+2. The van der Waals surface area contributed by atoms with E-state index in [2.05, 4.69) is 13.8 Å². The molecule has 2 heteroatoms. The van der Waals surface area contributed by atoms with Crippen LogP contribution >= 0.6 is 0 Å². The van der Waals surface area contributed by atoms with Crippen molar-refractivity contribution in [1.29, 1.82) is 0 Å². The molecule has 0 unspecified atom stereocenters. The summed E-state index contributed by atoms with van der Waals surface area (Å²) in [5, 5.41) is 0. The van der Waals surface area contributed by atoms with Crippen LogP contribution in [0, 0.1) is 0 Å². The van der Waals surface area contributed by atoms with Crippen molar-refractivity contribution in [3.05, 3.63) is 0 Å². The Morgan fingerprint density at radius 2 is 0.947 bits per heavy atom. The summed E-state index contributed by atoms with van der Waals surface area (Å²) in [6, 6.07) is 0. The molecule has 0 amide bonds. The summed E-state index contributed by atoms with van der Waals surface area (Å²) in [4.78, 5) is 0. The van der Waals surface area contributed by atoms with Gasteiger partial charge in [-0.2, -0.15) is 0 Å². The first kappa shape index (κ1) is 19.8. The van der Waals surface area contributed by atoms with Gasteiger partial charge in [0.1, 0.15) is 0 Å². The Labute approximate surface area is 130 Å². The molecule has 0 spiro atoms. The molecule has 0 saturated heterocycles. The normalized spacial score (nSPS) is 10.9. The van der Waals surface area contributed by atoms with Crippen LogP contribution in [0.1, 0.15) is 90.9 Å². The first-order chi connectivity index (χ1) is 9.35. The van der Waals surface area contributed by atoms with Gasteiger partial charge >= 0.3 is 130 Å². The van der Waals surface area contributed by atoms with Crippen LogP contribution in [0.15, 0.2) is 0 Å². The summed E-state index contributed by atoms with van der Waals surface area (Å²) in [5.74, 6) is 0. The van der Waals surface area contributed by atoms with Crippen LogP contribution in [0.3, 0.4) is 0 Å². The van der Waals surface area contributed by atoms with Crippen LogP contribution in [0.2, 0.25) is 8.87 Å². The zero-order valence-corrected chi connectivity index (χ0v) is 16.7. The third-order valence-electron chi connectivity index (χ3n) is 3.91. The fourth-order valence-electron chi connectivity index (χ4n) is 2.53. The average molecular weight is 376 g/mol. The Kier molecular flexibility index (Phi) is 17.5. The summed E-state index contributed by atoms with van der Waals surface area (Å²) in [7, 11) is 1.98. The van der Waals surface area contributed by atoms with Gasteiger partial charge in [-0.3, -0.25) is 0 Å². The second-order valence-electron chi connectivity index (χ2n) is 5.78. The second kappa shape index (κ2) is 16.8. The Morgan fingerprint density at radius 3 is 1.32 bits per heavy atom. The van der Waals surface area contributed by atoms with Crippen molar-refractivity contribution < 1.29 is 3.07 Å². The quantitative estimate of drug-likeness (QED) is 0.239. The Bertz CT molecular complexity index is 145. The van der Waals surface area contributed by atoms with Gasteiger partial charge in [0, 0.05) is 0 Å². The molecule has 0 radical (unpaired) electrons. The third-order valence-corrected chi connectivity index (χ3v) is 10.8. The first-order valence-corrected chi connectivity index (χ1v) is 13.9. The fourth-order valence-corrected chi connectivity index (χ4v) is 8.09. The van der Waals surface area contributed by atoms with E-state index in [1.807, 2.05) is 7.11 Å². The van der Waals surface area contributed by atoms with E-state index in [1.165, 1.54) is 85.9 Å². The van der Waals surface area contributed by atoms with Crippen molar-refractivity contribution in [3.63, 3.8) is 0 Å². The molecule has 0 aromatic rings. The molecule has 114 valence electrons. The number of unbranched alkanes of at least 4 members (excludes halogenated alkanes) is 10. The topological polar surface area (TPSA) is 9.23 Å². The van der Waals surface area contributed by atoms with Crippen LogP contribution in [0.4, 0.5) is 0 Å². The van der Waals surface area contributed by atoms with Gasteiger partial charge in [-0.1, -0.05) is 0 Å². The number of hydrogen-bond donors (Lipinski definition) is 0. The van der Waals surface area contributed by atoms with E-state index in [0.29, 0.717) is 0 Å². The predicted molar refractivity (Wildman–Crippen MR) is 89.1 cm³/mol. The van der Waals surface area contributed by atoms with Crippen molar-refractivity contribution in [1.82, 2.24) is 0 Å². The van der Waals surface area contributed by atoms with E-state index >= 15 is 0 Å². The number of hydrogen-bond acceptors (Lipinski definition) is 1. The van der Waals surface area contributed by atoms with Crippen LogP contribution < -0.4 is 0 Å². The molecule has 0 atom stereocenters. The van der Waals surface area contributed by atoms with E-state index in [9.17, 15) is 0 Å². The molecule has 0 N–H and O–H groups in total. The van der Waals surface area contributed by atoms with Crippen molar-refractivity contribution in [2.75, 3.05) is 7.11 Å². The predicted octanol–water partition coefficient (Wildman–Crippen LogP) is 6.35. The molecule has 0 aliphatic heterocycles. The van der Waals surface area contributed by atoms with E-state index in [-0.39, 0.29) is 0 Å². The Balaban J connectivity index is 3.30. The SMILES string of the molecule is CCCCCCC[CH2][Sn+]([CH2]CCCCCCC)[O]C. The zero-order chi connectivity index (χ0) is 14.2. The monoisotopic (exact) mass is 377 g/mol. The van der Waals surface area contributed by atoms with Gasteiger partial charge in [0.25, 0.3) is 0 Å². The minimum atomic E-state index is -1.39. The molecule has 1 nitrogen and oxygen atoms in total. The molecule has 0 saturated carbocycles. The minimum absolute atomic E-state index is 1.36. The summed E-state index contributed by atoms with van der Waals surface area (Å²) >= 11 is -1.39. The molecule has 0 rings (SSSR count). The molecular weight excluding hydrogens is 339 g/mol. The van der Waals surface area contributed by atoms with Crippen LogP contribution in [0.25, 0.3) is 0 Å². The van der Waals surface area contributed by atoms with Crippen LogP contribution in [0.5, 0.6) is 0 Å². The molecule has 0 bridgehead atoms. The maximum atomic E-state index is 5.80. The van der Waals surface area contributed by atoms with Crippen molar-refractivity contribution in [3.8, 4) is 0 Å². The molecule has 19 heavy (non-hydrogen) atoms. The molecule has 0 heterocycles. The van der Waals surface area contributed by atoms with Gasteiger partial charge in [0.15, 0.2) is 0 Å². The molecule has 0 aliphatic rings. The fraction of sp³-hybridized carbons (Fsp3) is 1.00. The van der Waals surface area contributed by atoms with Crippen LogP contribution in [-0.4, -0.2) is 27.3 Å². The Morgan fingerprint density at radius 1 is 0.579 bits per heavy atom. The van der Waals surface area contributed by atoms with E-state index in [1.54, 1.807) is 0 Å². The third kappa shape index (κ3) is 15.0. The van der Waals surface area contributed by atoms with Gasteiger partial charge in [0.05, 0.1) is 0 Å². The second-order valence-corrected chi connectivity index (χ2v) is 12.9. The van der Waals surface area contributed by atoms with Gasteiger partial charge in [-0.15, -0.1) is 0 Å². The van der Waals surface area contributed by atoms with Crippen LogP contribution in [-0.2, 0) is 3.07 Å². The zero-order valence-electron chi connectivity index (χ0n) is 13.8. The summed E-state index contributed by atoms with van der Waals surface area (Å²) < 4.78 is 8.75. The summed E-state index contributed by atoms with van der Waals surface area (Å²) in [6.45, 7) is 4.58.